The van der Waals surface area contributed by atoms with Crippen molar-refractivity contribution in [3.8, 4) is 0 Å². The standard InChI is InChI=1S/C14H27N3O3/c1-5-13(19-4)20-10-12(15)9-16-7-6-8-17-14(18)11(2)3/h9,13,16H,2,5-8,10,15H2,1,3-4H3,(H,17,18)/b12-9-. The van der Waals surface area contributed by atoms with Crippen molar-refractivity contribution in [3.63, 3.8) is 0 Å². The molecule has 20 heavy (non-hydrogen) atoms. The Hall–Kier alpha value is -1.53. The van der Waals surface area contributed by atoms with Crippen LogP contribution < -0.4 is 16.4 Å². The Balaban J connectivity index is 3.63. The maximum Gasteiger partial charge on any atom is 0.246 e. The van der Waals surface area contributed by atoms with Crippen molar-refractivity contribution in [3.05, 3.63) is 24.0 Å². The summed E-state index contributed by atoms with van der Waals surface area (Å²) in [7, 11) is 1.60. The quantitative estimate of drug-likeness (QED) is 0.298. The number of methoxy groups -OCH3 is 1. The van der Waals surface area contributed by atoms with Gasteiger partial charge in [0.25, 0.3) is 0 Å². The van der Waals surface area contributed by atoms with Crippen molar-refractivity contribution in [1.82, 2.24) is 10.6 Å². The van der Waals surface area contributed by atoms with E-state index in [0.717, 1.165) is 19.4 Å². The predicted molar refractivity (Wildman–Crippen MR) is 79.8 cm³/mol. The van der Waals surface area contributed by atoms with E-state index in [9.17, 15) is 4.79 Å². The van der Waals surface area contributed by atoms with Crippen LogP contribution in [0.15, 0.2) is 24.0 Å². The Morgan fingerprint density at radius 3 is 2.70 bits per heavy atom. The number of rotatable bonds is 11. The van der Waals surface area contributed by atoms with Gasteiger partial charge in [0.15, 0.2) is 6.29 Å². The van der Waals surface area contributed by atoms with Crippen LogP contribution in [0, 0.1) is 0 Å². The monoisotopic (exact) mass is 285 g/mol. The zero-order chi connectivity index (χ0) is 15.4. The van der Waals surface area contributed by atoms with Crippen LogP contribution in [0.1, 0.15) is 26.7 Å². The zero-order valence-corrected chi connectivity index (χ0v) is 12.7. The molecule has 0 aromatic rings. The van der Waals surface area contributed by atoms with E-state index < -0.39 is 0 Å². The van der Waals surface area contributed by atoms with Gasteiger partial charge in [-0.05, 0) is 19.8 Å². The third-order valence-electron chi connectivity index (χ3n) is 2.49. The van der Waals surface area contributed by atoms with Gasteiger partial charge in [0.05, 0.1) is 12.3 Å². The number of carbonyl (C=O) groups is 1. The summed E-state index contributed by atoms with van der Waals surface area (Å²) >= 11 is 0. The van der Waals surface area contributed by atoms with Gasteiger partial charge in [-0.1, -0.05) is 13.5 Å². The van der Waals surface area contributed by atoms with E-state index in [1.54, 1.807) is 20.2 Å². The third kappa shape index (κ3) is 9.41. The summed E-state index contributed by atoms with van der Waals surface area (Å²) in [6.45, 7) is 8.87. The van der Waals surface area contributed by atoms with Crippen molar-refractivity contribution in [2.45, 2.75) is 33.0 Å². The molecular formula is C14H27N3O3. The highest BCUT2D eigenvalue weighted by Crippen LogP contribution is 1.99. The molecule has 0 heterocycles. The molecule has 0 saturated heterocycles. The number of carbonyl (C=O) groups excluding carboxylic acids is 1. The van der Waals surface area contributed by atoms with Crippen molar-refractivity contribution < 1.29 is 14.3 Å². The zero-order valence-electron chi connectivity index (χ0n) is 12.7. The lowest BCUT2D eigenvalue weighted by molar-refractivity contribution is -0.118. The molecule has 0 fully saturated rings. The van der Waals surface area contributed by atoms with Crippen LogP contribution in [0.2, 0.25) is 0 Å². The van der Waals surface area contributed by atoms with Gasteiger partial charge in [0, 0.05) is 32.0 Å². The molecule has 1 unspecified atom stereocenters. The molecule has 0 aliphatic rings. The van der Waals surface area contributed by atoms with E-state index in [0.29, 0.717) is 24.4 Å². The highest BCUT2D eigenvalue weighted by Gasteiger charge is 2.03. The van der Waals surface area contributed by atoms with Crippen LogP contribution in [-0.4, -0.2) is 39.0 Å². The minimum Gasteiger partial charge on any atom is -0.399 e. The Kier molecular flexibility index (Phi) is 10.4. The predicted octanol–water partition coefficient (Wildman–Crippen LogP) is 0.858. The fourth-order valence-corrected chi connectivity index (χ4v) is 1.33. The third-order valence-corrected chi connectivity index (χ3v) is 2.49. The van der Waals surface area contributed by atoms with Crippen LogP contribution in [0.3, 0.4) is 0 Å². The number of hydrogen-bond acceptors (Lipinski definition) is 5. The lowest BCUT2D eigenvalue weighted by Gasteiger charge is -2.14. The number of amides is 1. The van der Waals surface area contributed by atoms with Gasteiger partial charge in [-0.2, -0.15) is 0 Å². The van der Waals surface area contributed by atoms with Crippen LogP contribution in [0.4, 0.5) is 0 Å². The summed E-state index contributed by atoms with van der Waals surface area (Å²) in [5.74, 6) is -0.112. The van der Waals surface area contributed by atoms with E-state index in [2.05, 4.69) is 17.2 Å². The van der Waals surface area contributed by atoms with Gasteiger partial charge in [0.2, 0.25) is 5.91 Å². The van der Waals surface area contributed by atoms with Crippen LogP contribution in [-0.2, 0) is 14.3 Å². The first-order valence-corrected chi connectivity index (χ1v) is 6.77. The molecular weight excluding hydrogens is 258 g/mol. The molecule has 6 nitrogen and oxygen atoms in total. The molecule has 0 saturated carbocycles. The molecule has 6 heteroatoms. The van der Waals surface area contributed by atoms with E-state index >= 15 is 0 Å². The molecule has 0 spiro atoms. The maximum atomic E-state index is 11.2. The summed E-state index contributed by atoms with van der Waals surface area (Å²) in [6.07, 6.45) is 3.07. The van der Waals surface area contributed by atoms with Gasteiger partial charge in [0.1, 0.15) is 0 Å². The van der Waals surface area contributed by atoms with Gasteiger partial charge >= 0.3 is 0 Å². The number of ether oxygens (including phenoxy) is 2. The molecule has 0 radical (unpaired) electrons. The fraction of sp³-hybridized carbons (Fsp3) is 0.643. The molecule has 0 aromatic carbocycles. The Morgan fingerprint density at radius 2 is 2.15 bits per heavy atom. The second kappa shape index (κ2) is 11.3. The molecule has 116 valence electrons. The van der Waals surface area contributed by atoms with Crippen LogP contribution >= 0.6 is 0 Å². The first-order valence-electron chi connectivity index (χ1n) is 6.77. The van der Waals surface area contributed by atoms with E-state index in [4.69, 9.17) is 15.2 Å². The normalized spacial score (nSPS) is 12.8. The SMILES string of the molecule is C=C(C)C(=O)NCCCN/C=C(\N)COC(CC)OC. The summed E-state index contributed by atoms with van der Waals surface area (Å²) in [5, 5.41) is 5.82. The number of nitrogens with two attached hydrogens (primary N) is 1. The van der Waals surface area contributed by atoms with Gasteiger partial charge in [-0.3, -0.25) is 4.79 Å². The lowest BCUT2D eigenvalue weighted by atomic mass is 10.3. The lowest BCUT2D eigenvalue weighted by Crippen LogP contribution is -2.27. The fourth-order valence-electron chi connectivity index (χ4n) is 1.33. The first-order chi connectivity index (χ1) is 9.51. The average Bonchev–Trinajstić information content (AvgIpc) is 2.43. The number of nitrogens with one attached hydrogen (secondary N) is 2. The summed E-state index contributed by atoms with van der Waals surface area (Å²) < 4.78 is 10.5. The Labute approximate surface area is 121 Å². The molecule has 0 rings (SSSR count). The number of hydrogen-bond donors (Lipinski definition) is 3. The molecule has 0 bridgehead atoms. The Bertz CT molecular complexity index is 326. The molecule has 0 aliphatic carbocycles. The van der Waals surface area contributed by atoms with E-state index in [-0.39, 0.29) is 12.2 Å². The van der Waals surface area contributed by atoms with Crippen molar-refractivity contribution in [2.24, 2.45) is 5.73 Å². The molecule has 1 amide bonds. The maximum absolute atomic E-state index is 11.2. The van der Waals surface area contributed by atoms with Gasteiger partial charge < -0.3 is 25.8 Å². The highest BCUT2D eigenvalue weighted by molar-refractivity contribution is 5.91. The van der Waals surface area contributed by atoms with Crippen molar-refractivity contribution in [2.75, 3.05) is 26.8 Å². The first kappa shape index (κ1) is 18.5. The average molecular weight is 285 g/mol. The topological polar surface area (TPSA) is 85.6 Å². The summed E-state index contributed by atoms with van der Waals surface area (Å²) in [4.78, 5) is 11.2. The highest BCUT2D eigenvalue weighted by atomic mass is 16.7. The molecule has 0 aliphatic heterocycles. The van der Waals surface area contributed by atoms with Gasteiger partial charge in [-0.15, -0.1) is 0 Å². The minimum atomic E-state index is -0.223. The summed E-state index contributed by atoms with van der Waals surface area (Å²) in [5.41, 5.74) is 6.89. The smallest absolute Gasteiger partial charge is 0.246 e. The van der Waals surface area contributed by atoms with Crippen LogP contribution in [0.5, 0.6) is 0 Å². The second-order valence-corrected chi connectivity index (χ2v) is 4.45. The minimum absolute atomic E-state index is 0.112. The Morgan fingerprint density at radius 1 is 1.45 bits per heavy atom. The second-order valence-electron chi connectivity index (χ2n) is 4.45. The van der Waals surface area contributed by atoms with E-state index in [1.165, 1.54) is 0 Å². The van der Waals surface area contributed by atoms with Crippen molar-refractivity contribution in [1.29, 1.82) is 0 Å². The van der Waals surface area contributed by atoms with E-state index in [1.807, 2.05) is 6.92 Å². The molecule has 0 aromatic heterocycles. The van der Waals surface area contributed by atoms with Crippen molar-refractivity contribution >= 4 is 5.91 Å². The molecule has 4 N–H and O–H groups in total. The molecule has 1 atom stereocenters. The van der Waals surface area contributed by atoms with Gasteiger partial charge in [-0.25, -0.2) is 0 Å². The summed E-state index contributed by atoms with van der Waals surface area (Å²) in [6, 6.07) is 0. The largest absolute Gasteiger partial charge is 0.399 e. The van der Waals surface area contributed by atoms with Crippen LogP contribution in [0.25, 0.3) is 0 Å².